The standard InChI is InChI=1S/C24H26ClN3O6/c1-15(2)14-32-24(30)26-10-11-31-23(29)16(3)33-18-5-7-19(8-6-18)34-22-13-27-21-12-17(25)4-9-20(21)28-22/h4-9,12-13,15-16H,10-11,14H2,1-3H3,(H,26,30). The minimum atomic E-state index is -0.835. The number of amides is 1. The number of esters is 1. The first-order valence-electron chi connectivity index (χ1n) is 10.7. The normalized spacial score (nSPS) is 11.7. The van der Waals surface area contributed by atoms with E-state index in [4.69, 9.17) is 30.5 Å². The van der Waals surface area contributed by atoms with Crippen LogP contribution in [-0.4, -0.2) is 47.9 Å². The number of hydrogen-bond acceptors (Lipinski definition) is 8. The molecule has 0 saturated heterocycles. The van der Waals surface area contributed by atoms with Gasteiger partial charge in [-0.05, 0) is 55.3 Å². The van der Waals surface area contributed by atoms with Crippen molar-refractivity contribution < 1.29 is 28.5 Å². The number of hydrogen-bond donors (Lipinski definition) is 1. The predicted octanol–water partition coefficient (Wildman–Crippen LogP) is 4.77. The summed E-state index contributed by atoms with van der Waals surface area (Å²) in [6.07, 6.45) is 0.133. The summed E-state index contributed by atoms with van der Waals surface area (Å²) in [7, 11) is 0. The Morgan fingerprint density at radius 2 is 1.74 bits per heavy atom. The van der Waals surface area contributed by atoms with E-state index in [1.54, 1.807) is 49.4 Å². The second kappa shape index (κ2) is 12.0. The van der Waals surface area contributed by atoms with Crippen molar-refractivity contribution in [2.75, 3.05) is 19.8 Å². The molecule has 1 heterocycles. The summed E-state index contributed by atoms with van der Waals surface area (Å²) in [5.41, 5.74) is 1.34. The van der Waals surface area contributed by atoms with Crippen LogP contribution in [0.3, 0.4) is 0 Å². The minimum Gasteiger partial charge on any atom is -0.479 e. The van der Waals surface area contributed by atoms with Gasteiger partial charge in [0.1, 0.15) is 18.1 Å². The average Bonchev–Trinajstić information content (AvgIpc) is 2.81. The second-order valence-electron chi connectivity index (χ2n) is 7.76. The van der Waals surface area contributed by atoms with Gasteiger partial charge in [-0.1, -0.05) is 25.4 Å². The van der Waals surface area contributed by atoms with E-state index < -0.39 is 18.2 Å². The molecule has 0 fully saturated rings. The lowest BCUT2D eigenvalue weighted by atomic mass is 10.2. The van der Waals surface area contributed by atoms with E-state index in [0.29, 0.717) is 40.0 Å². The third-order valence-electron chi connectivity index (χ3n) is 4.34. The van der Waals surface area contributed by atoms with Gasteiger partial charge in [-0.25, -0.2) is 19.6 Å². The molecule has 10 heteroatoms. The first-order chi connectivity index (χ1) is 16.3. The predicted molar refractivity (Wildman–Crippen MR) is 126 cm³/mol. The Labute approximate surface area is 202 Å². The third kappa shape index (κ3) is 7.77. The van der Waals surface area contributed by atoms with Gasteiger partial charge in [0.25, 0.3) is 0 Å². The molecule has 34 heavy (non-hydrogen) atoms. The van der Waals surface area contributed by atoms with Crippen LogP contribution in [0.25, 0.3) is 11.0 Å². The molecule has 0 bridgehead atoms. The summed E-state index contributed by atoms with van der Waals surface area (Å²) in [5, 5.41) is 3.10. The van der Waals surface area contributed by atoms with Crippen molar-refractivity contribution in [1.82, 2.24) is 15.3 Å². The topological polar surface area (TPSA) is 109 Å². The molecule has 180 valence electrons. The Morgan fingerprint density at radius 3 is 2.47 bits per heavy atom. The lowest BCUT2D eigenvalue weighted by Crippen LogP contribution is -2.32. The molecule has 0 saturated carbocycles. The molecule has 3 rings (SSSR count). The highest BCUT2D eigenvalue weighted by molar-refractivity contribution is 6.31. The highest BCUT2D eigenvalue weighted by Gasteiger charge is 2.16. The minimum absolute atomic E-state index is 0.00902. The molecule has 1 amide bonds. The number of carbonyl (C=O) groups is 2. The van der Waals surface area contributed by atoms with E-state index in [9.17, 15) is 9.59 Å². The lowest BCUT2D eigenvalue weighted by Gasteiger charge is -2.15. The van der Waals surface area contributed by atoms with Crippen molar-refractivity contribution in [3.8, 4) is 17.4 Å². The van der Waals surface area contributed by atoms with Crippen LogP contribution in [0, 0.1) is 5.92 Å². The molecule has 1 N–H and O–H groups in total. The smallest absolute Gasteiger partial charge is 0.407 e. The largest absolute Gasteiger partial charge is 0.479 e. The monoisotopic (exact) mass is 487 g/mol. The van der Waals surface area contributed by atoms with E-state index >= 15 is 0 Å². The summed E-state index contributed by atoms with van der Waals surface area (Å²) < 4.78 is 21.4. The van der Waals surface area contributed by atoms with Crippen molar-refractivity contribution in [3.63, 3.8) is 0 Å². The molecular formula is C24H26ClN3O6. The van der Waals surface area contributed by atoms with Crippen LogP contribution in [0.2, 0.25) is 5.02 Å². The van der Waals surface area contributed by atoms with E-state index in [1.165, 1.54) is 6.20 Å². The first kappa shape index (κ1) is 25.0. The van der Waals surface area contributed by atoms with Gasteiger partial charge in [0.2, 0.25) is 5.88 Å². The fourth-order valence-electron chi connectivity index (χ4n) is 2.69. The zero-order valence-electron chi connectivity index (χ0n) is 19.1. The summed E-state index contributed by atoms with van der Waals surface area (Å²) in [6.45, 7) is 5.93. The van der Waals surface area contributed by atoms with Gasteiger partial charge in [0.05, 0.1) is 30.4 Å². The SMILES string of the molecule is CC(C)COC(=O)NCCOC(=O)C(C)Oc1ccc(Oc2cnc3cc(Cl)ccc3n2)cc1. The van der Waals surface area contributed by atoms with E-state index in [2.05, 4.69) is 15.3 Å². The van der Waals surface area contributed by atoms with Crippen molar-refractivity contribution in [1.29, 1.82) is 0 Å². The molecule has 0 aliphatic heterocycles. The molecule has 0 aliphatic rings. The van der Waals surface area contributed by atoms with Gasteiger partial charge in [-0.2, -0.15) is 0 Å². The molecule has 9 nitrogen and oxygen atoms in total. The molecule has 3 aromatic rings. The Morgan fingerprint density at radius 1 is 1.00 bits per heavy atom. The van der Waals surface area contributed by atoms with E-state index in [1.807, 2.05) is 13.8 Å². The van der Waals surface area contributed by atoms with Gasteiger partial charge < -0.3 is 24.3 Å². The van der Waals surface area contributed by atoms with Crippen LogP contribution >= 0.6 is 11.6 Å². The van der Waals surface area contributed by atoms with Crippen molar-refractivity contribution >= 4 is 34.7 Å². The molecule has 0 spiro atoms. The molecular weight excluding hydrogens is 462 g/mol. The lowest BCUT2D eigenvalue weighted by molar-refractivity contribution is -0.150. The number of nitrogens with zero attached hydrogens (tertiary/aromatic N) is 2. The van der Waals surface area contributed by atoms with Gasteiger partial charge in [0.15, 0.2) is 6.10 Å². The number of alkyl carbamates (subject to hydrolysis) is 1. The summed E-state index contributed by atoms with van der Waals surface area (Å²) in [5.74, 6) is 1.02. The van der Waals surface area contributed by atoms with Crippen molar-refractivity contribution in [2.24, 2.45) is 5.92 Å². The van der Waals surface area contributed by atoms with E-state index in [-0.39, 0.29) is 19.1 Å². The maximum absolute atomic E-state index is 12.1. The quantitative estimate of drug-likeness (QED) is 0.322. The zero-order chi connectivity index (χ0) is 24.5. The zero-order valence-corrected chi connectivity index (χ0v) is 19.9. The number of benzene rings is 2. The second-order valence-corrected chi connectivity index (χ2v) is 8.20. The average molecular weight is 488 g/mol. The Hall–Kier alpha value is -3.59. The maximum Gasteiger partial charge on any atom is 0.407 e. The Balaban J connectivity index is 1.43. The highest BCUT2D eigenvalue weighted by atomic mass is 35.5. The number of ether oxygens (including phenoxy) is 4. The first-order valence-corrected chi connectivity index (χ1v) is 11.1. The van der Waals surface area contributed by atoms with Crippen LogP contribution in [0.5, 0.6) is 17.4 Å². The van der Waals surface area contributed by atoms with E-state index in [0.717, 1.165) is 0 Å². The summed E-state index contributed by atoms with van der Waals surface area (Å²) >= 11 is 5.96. The van der Waals surface area contributed by atoms with Crippen LogP contribution in [0.1, 0.15) is 20.8 Å². The van der Waals surface area contributed by atoms with Crippen LogP contribution in [-0.2, 0) is 14.3 Å². The Bertz CT molecular complexity index is 1120. The van der Waals surface area contributed by atoms with Gasteiger partial charge in [-0.15, -0.1) is 0 Å². The third-order valence-corrected chi connectivity index (χ3v) is 4.57. The fourth-order valence-corrected chi connectivity index (χ4v) is 2.86. The number of halogens is 1. The van der Waals surface area contributed by atoms with Crippen LogP contribution in [0.15, 0.2) is 48.7 Å². The molecule has 0 radical (unpaired) electrons. The molecule has 2 aromatic carbocycles. The summed E-state index contributed by atoms with van der Waals surface area (Å²) in [4.78, 5) is 32.3. The maximum atomic E-state index is 12.1. The number of fused-ring (bicyclic) bond motifs is 1. The van der Waals surface area contributed by atoms with Crippen LogP contribution < -0.4 is 14.8 Å². The van der Waals surface area contributed by atoms with Gasteiger partial charge in [-0.3, -0.25) is 0 Å². The van der Waals surface area contributed by atoms with Gasteiger partial charge >= 0.3 is 12.1 Å². The van der Waals surface area contributed by atoms with Gasteiger partial charge in [0, 0.05) is 5.02 Å². The van der Waals surface area contributed by atoms with Crippen molar-refractivity contribution in [2.45, 2.75) is 26.9 Å². The number of nitrogens with one attached hydrogen (secondary N) is 1. The van der Waals surface area contributed by atoms with Crippen molar-refractivity contribution in [3.05, 3.63) is 53.7 Å². The number of rotatable bonds is 10. The Kier molecular flexibility index (Phi) is 8.86. The number of aromatic nitrogens is 2. The van der Waals surface area contributed by atoms with Crippen LogP contribution in [0.4, 0.5) is 4.79 Å². The molecule has 1 atom stereocenters. The molecule has 0 aliphatic carbocycles. The fraction of sp³-hybridized carbons (Fsp3) is 0.333. The summed E-state index contributed by atoms with van der Waals surface area (Å²) in [6, 6.07) is 11.9. The number of carbonyl (C=O) groups excluding carboxylic acids is 2. The molecule has 1 unspecified atom stereocenters. The highest BCUT2D eigenvalue weighted by Crippen LogP contribution is 2.25. The molecule has 1 aromatic heterocycles.